The molecule has 138 valence electrons. The van der Waals surface area contributed by atoms with Gasteiger partial charge in [-0.1, -0.05) is 0 Å². The van der Waals surface area contributed by atoms with Gasteiger partial charge >= 0.3 is 0 Å². The maximum Gasteiger partial charge on any atom is 0.251 e. The lowest BCUT2D eigenvalue weighted by Gasteiger charge is -2.28. The van der Waals surface area contributed by atoms with Crippen molar-refractivity contribution in [3.8, 4) is 5.75 Å². The van der Waals surface area contributed by atoms with Gasteiger partial charge in [-0.2, -0.15) is 0 Å². The molecule has 1 saturated carbocycles. The van der Waals surface area contributed by atoms with Crippen molar-refractivity contribution in [3.05, 3.63) is 53.1 Å². The zero-order valence-electron chi connectivity index (χ0n) is 15.5. The van der Waals surface area contributed by atoms with Gasteiger partial charge in [-0.15, -0.1) is 0 Å². The Hall–Kier alpha value is -2.89. The summed E-state index contributed by atoms with van der Waals surface area (Å²) in [6.45, 7) is 1.97. The number of nitrogens with one attached hydrogen (secondary N) is 1. The van der Waals surface area contributed by atoms with E-state index in [1.54, 1.807) is 12.4 Å². The fourth-order valence-electron chi connectivity index (χ4n) is 3.81. The van der Waals surface area contributed by atoms with Crippen LogP contribution in [0.25, 0.3) is 11.0 Å². The summed E-state index contributed by atoms with van der Waals surface area (Å²) < 4.78 is 8.44. The molecule has 0 unspecified atom stereocenters. The molecule has 2 aliphatic rings. The van der Waals surface area contributed by atoms with E-state index in [2.05, 4.69) is 10.3 Å². The average molecular weight is 362 g/mol. The van der Waals surface area contributed by atoms with Gasteiger partial charge in [0.25, 0.3) is 5.91 Å². The Morgan fingerprint density at radius 2 is 2.04 bits per heavy atom. The van der Waals surface area contributed by atoms with Crippen LogP contribution in [0.3, 0.4) is 0 Å². The Balaban J connectivity index is 1.63. The minimum absolute atomic E-state index is 0.000430. The maximum absolute atomic E-state index is 12.9. The van der Waals surface area contributed by atoms with Gasteiger partial charge in [-0.05, 0) is 56.4 Å². The standard InChI is InChI=1S/C21H22N4O2/c1-12-23-19-17(25(12)2)11-16(21(26)24-14-3-4-14)15-5-6-18(27-20(15)19)13-7-9-22-10-8-13/h7-11,14,18H,3-6H2,1-2H3,(H,24,26)/t18-/m0/s1. The molecule has 1 aromatic carbocycles. The maximum atomic E-state index is 12.9. The number of benzene rings is 1. The van der Waals surface area contributed by atoms with E-state index in [1.807, 2.05) is 36.7 Å². The van der Waals surface area contributed by atoms with Gasteiger partial charge in [0.15, 0.2) is 5.75 Å². The van der Waals surface area contributed by atoms with Gasteiger partial charge in [-0.25, -0.2) is 4.98 Å². The predicted octanol–water partition coefficient (Wildman–Crippen LogP) is 3.24. The van der Waals surface area contributed by atoms with Crippen LogP contribution in [0.2, 0.25) is 0 Å². The van der Waals surface area contributed by atoms with Crippen LogP contribution in [0.5, 0.6) is 5.75 Å². The molecule has 3 heterocycles. The third-order valence-electron chi connectivity index (χ3n) is 5.61. The molecule has 27 heavy (non-hydrogen) atoms. The van der Waals surface area contributed by atoms with Gasteiger partial charge in [0.1, 0.15) is 17.4 Å². The van der Waals surface area contributed by atoms with Crippen molar-refractivity contribution in [2.24, 2.45) is 7.05 Å². The molecule has 1 aliphatic heterocycles. The first-order valence-corrected chi connectivity index (χ1v) is 9.48. The lowest BCUT2D eigenvalue weighted by atomic mass is 9.93. The first kappa shape index (κ1) is 16.3. The van der Waals surface area contributed by atoms with E-state index < -0.39 is 0 Å². The number of carbonyl (C=O) groups excluding carboxylic acids is 1. The number of rotatable bonds is 3. The van der Waals surface area contributed by atoms with E-state index in [1.165, 1.54) is 0 Å². The molecule has 1 N–H and O–H groups in total. The monoisotopic (exact) mass is 362 g/mol. The Kier molecular flexibility index (Phi) is 3.67. The fourth-order valence-corrected chi connectivity index (χ4v) is 3.81. The molecule has 2 aromatic heterocycles. The molecule has 6 heteroatoms. The van der Waals surface area contributed by atoms with Crippen molar-refractivity contribution < 1.29 is 9.53 Å². The van der Waals surface area contributed by atoms with Crippen LogP contribution in [0.15, 0.2) is 30.6 Å². The summed E-state index contributed by atoms with van der Waals surface area (Å²) >= 11 is 0. The number of aryl methyl sites for hydroxylation is 2. The number of carbonyl (C=O) groups is 1. The van der Waals surface area contributed by atoms with E-state index in [4.69, 9.17) is 9.72 Å². The highest BCUT2D eigenvalue weighted by atomic mass is 16.5. The average Bonchev–Trinajstić information content (AvgIpc) is 3.46. The third kappa shape index (κ3) is 2.76. The quantitative estimate of drug-likeness (QED) is 0.777. The Bertz CT molecular complexity index is 1040. The molecule has 1 amide bonds. The summed E-state index contributed by atoms with van der Waals surface area (Å²) in [4.78, 5) is 21.7. The second-order valence-corrected chi connectivity index (χ2v) is 7.49. The minimum atomic E-state index is -0.0484. The molecule has 6 nitrogen and oxygen atoms in total. The topological polar surface area (TPSA) is 69.0 Å². The number of fused-ring (bicyclic) bond motifs is 3. The molecule has 1 aliphatic carbocycles. The number of amides is 1. The normalized spacial score (nSPS) is 18.8. The second-order valence-electron chi connectivity index (χ2n) is 7.49. The third-order valence-corrected chi connectivity index (χ3v) is 5.61. The number of ether oxygens (including phenoxy) is 1. The zero-order valence-corrected chi connectivity index (χ0v) is 15.5. The van der Waals surface area contributed by atoms with Crippen LogP contribution < -0.4 is 10.1 Å². The van der Waals surface area contributed by atoms with Crippen molar-refractivity contribution in [1.82, 2.24) is 19.9 Å². The smallest absolute Gasteiger partial charge is 0.251 e. The molecule has 1 fully saturated rings. The SMILES string of the molecule is Cc1nc2c3c(c(C(=O)NC4CC4)cc2n1C)CC[C@@H](c1ccncc1)O3. The van der Waals surface area contributed by atoms with Crippen molar-refractivity contribution >= 4 is 16.9 Å². The molecule has 0 spiro atoms. The fraction of sp³-hybridized carbons (Fsp3) is 0.381. The van der Waals surface area contributed by atoms with E-state index in [0.29, 0.717) is 6.04 Å². The number of nitrogens with zero attached hydrogens (tertiary/aromatic N) is 3. The summed E-state index contributed by atoms with van der Waals surface area (Å²) in [5, 5.41) is 3.12. The first-order valence-electron chi connectivity index (χ1n) is 9.48. The minimum Gasteiger partial charge on any atom is -0.483 e. The lowest BCUT2D eigenvalue weighted by molar-refractivity contribution is 0.0947. The van der Waals surface area contributed by atoms with Crippen LogP contribution >= 0.6 is 0 Å². The molecule has 5 rings (SSSR count). The van der Waals surface area contributed by atoms with Crippen LogP contribution in [-0.4, -0.2) is 26.5 Å². The molecule has 0 radical (unpaired) electrons. The number of hydrogen-bond acceptors (Lipinski definition) is 4. The van der Waals surface area contributed by atoms with Gasteiger partial charge in [0.05, 0.1) is 5.52 Å². The van der Waals surface area contributed by atoms with Gasteiger partial charge in [-0.3, -0.25) is 9.78 Å². The van der Waals surface area contributed by atoms with Crippen LogP contribution in [0.4, 0.5) is 0 Å². The Morgan fingerprint density at radius 3 is 2.78 bits per heavy atom. The summed E-state index contributed by atoms with van der Waals surface area (Å²) in [5.41, 5.74) is 4.57. The number of imidazole rings is 1. The van der Waals surface area contributed by atoms with Crippen molar-refractivity contribution in [1.29, 1.82) is 0 Å². The lowest BCUT2D eigenvalue weighted by Crippen LogP contribution is -2.28. The van der Waals surface area contributed by atoms with Gasteiger partial charge in [0, 0.05) is 36.6 Å². The van der Waals surface area contributed by atoms with E-state index in [0.717, 1.165) is 65.0 Å². The number of aromatic nitrogens is 3. The molecule has 3 aromatic rings. The van der Waals surface area contributed by atoms with Crippen LogP contribution in [0, 0.1) is 6.92 Å². The van der Waals surface area contributed by atoms with Crippen LogP contribution in [0.1, 0.15) is 52.7 Å². The molecular formula is C21H22N4O2. The largest absolute Gasteiger partial charge is 0.483 e. The van der Waals surface area contributed by atoms with Gasteiger partial charge < -0.3 is 14.6 Å². The van der Waals surface area contributed by atoms with E-state index >= 15 is 0 Å². The van der Waals surface area contributed by atoms with Crippen LogP contribution in [-0.2, 0) is 13.5 Å². The predicted molar refractivity (Wildman–Crippen MR) is 102 cm³/mol. The Morgan fingerprint density at radius 1 is 1.26 bits per heavy atom. The number of pyridine rings is 1. The van der Waals surface area contributed by atoms with Crippen molar-refractivity contribution in [3.63, 3.8) is 0 Å². The summed E-state index contributed by atoms with van der Waals surface area (Å²) in [6.07, 6.45) is 7.29. The van der Waals surface area contributed by atoms with Gasteiger partial charge in [0.2, 0.25) is 0 Å². The first-order chi connectivity index (χ1) is 13.1. The highest BCUT2D eigenvalue weighted by Crippen LogP contribution is 2.41. The number of hydrogen-bond donors (Lipinski definition) is 1. The highest BCUT2D eigenvalue weighted by molar-refractivity contribution is 6.01. The summed E-state index contributed by atoms with van der Waals surface area (Å²) in [5.74, 6) is 1.66. The van der Waals surface area contributed by atoms with Crippen molar-refractivity contribution in [2.75, 3.05) is 0 Å². The van der Waals surface area contributed by atoms with Crippen molar-refractivity contribution in [2.45, 2.75) is 44.8 Å². The second kappa shape index (κ2) is 6.08. The van der Waals surface area contributed by atoms with E-state index in [9.17, 15) is 4.79 Å². The highest BCUT2D eigenvalue weighted by Gasteiger charge is 2.31. The summed E-state index contributed by atoms with van der Waals surface area (Å²) in [6, 6.07) is 6.27. The zero-order chi connectivity index (χ0) is 18.5. The van der Waals surface area contributed by atoms with E-state index in [-0.39, 0.29) is 12.0 Å². The molecule has 1 atom stereocenters. The molecule has 0 saturated heterocycles. The Labute approximate surface area is 157 Å². The summed E-state index contributed by atoms with van der Waals surface area (Å²) in [7, 11) is 1.98. The molecule has 0 bridgehead atoms. The molecular weight excluding hydrogens is 340 g/mol.